The van der Waals surface area contributed by atoms with Gasteiger partial charge < -0.3 is 14.4 Å². The van der Waals surface area contributed by atoms with Gasteiger partial charge in [0, 0.05) is 0 Å². The Hall–Kier alpha value is -4.37. The summed E-state index contributed by atoms with van der Waals surface area (Å²) in [5, 5.41) is 23.8. The molecule has 0 aliphatic rings. The number of rotatable bonds is 6. The number of phenolic OH excluding ortho intramolecular Hbond substituents is 1. The smallest absolute Gasteiger partial charge is 0.268 e. The molecule has 0 aliphatic heterocycles. The molecule has 0 saturated carbocycles. The van der Waals surface area contributed by atoms with E-state index in [0.717, 1.165) is 11.1 Å². The minimum Gasteiger partial charge on any atom is -0.504 e. The van der Waals surface area contributed by atoms with E-state index in [4.69, 9.17) is 9.26 Å². The van der Waals surface area contributed by atoms with E-state index in [1.54, 1.807) is 18.2 Å². The van der Waals surface area contributed by atoms with Gasteiger partial charge in [-0.1, -0.05) is 71.9 Å². The Kier molecular flexibility index (Phi) is 5.77. The fourth-order valence-electron chi connectivity index (χ4n) is 3.35. The molecule has 31 heavy (non-hydrogen) atoms. The highest BCUT2D eigenvalue weighted by Gasteiger charge is 2.23. The van der Waals surface area contributed by atoms with E-state index in [1.807, 2.05) is 60.7 Å². The first-order valence-electron chi connectivity index (χ1n) is 9.62. The largest absolute Gasteiger partial charge is 0.504 e. The van der Waals surface area contributed by atoms with Gasteiger partial charge in [-0.05, 0) is 34.9 Å². The van der Waals surface area contributed by atoms with Crippen LogP contribution in [0.1, 0.15) is 34.3 Å². The molecule has 1 aromatic heterocycles. The molecule has 6 heteroatoms. The van der Waals surface area contributed by atoms with Crippen LogP contribution < -0.4 is 4.74 Å². The summed E-state index contributed by atoms with van der Waals surface area (Å²) in [6.45, 7) is 0. The lowest BCUT2D eigenvalue weighted by Gasteiger charge is -2.14. The first kappa shape index (κ1) is 19.9. The Morgan fingerprint density at radius 3 is 2.23 bits per heavy atom. The van der Waals surface area contributed by atoms with Gasteiger partial charge in [-0.2, -0.15) is 10.2 Å². The van der Waals surface area contributed by atoms with Crippen molar-refractivity contribution in [2.75, 3.05) is 7.11 Å². The molecule has 0 saturated heterocycles. The Morgan fingerprint density at radius 2 is 1.68 bits per heavy atom. The standard InChI is InChI=1S/C25H19N3O3/c1-30-22-13-12-17(15-21(22)29)14-20(16-26)25-27-24(28-31-25)23(18-8-4-2-5-9-18)19-10-6-3-7-11-19/h2-15,23,29H,1H3/b20-14+. The number of hydrogen-bond acceptors (Lipinski definition) is 6. The molecule has 0 atom stereocenters. The molecule has 0 amide bonds. The molecule has 3 aromatic carbocycles. The van der Waals surface area contributed by atoms with Crippen molar-refractivity contribution in [3.63, 3.8) is 0 Å². The van der Waals surface area contributed by atoms with E-state index in [0.29, 0.717) is 17.1 Å². The Bertz CT molecular complexity index is 1200. The summed E-state index contributed by atoms with van der Waals surface area (Å²) in [4.78, 5) is 4.53. The molecule has 0 aliphatic carbocycles. The number of aromatic nitrogens is 2. The number of allylic oxidation sites excluding steroid dienone is 1. The quantitative estimate of drug-likeness (QED) is 0.449. The van der Waals surface area contributed by atoms with E-state index in [-0.39, 0.29) is 23.1 Å². The van der Waals surface area contributed by atoms with E-state index < -0.39 is 0 Å². The maximum atomic E-state index is 9.99. The Morgan fingerprint density at radius 1 is 1.03 bits per heavy atom. The van der Waals surface area contributed by atoms with Crippen LogP contribution in [0.4, 0.5) is 0 Å². The lowest BCUT2D eigenvalue weighted by atomic mass is 9.91. The first-order valence-corrected chi connectivity index (χ1v) is 9.62. The van der Waals surface area contributed by atoms with Gasteiger partial charge in [0.25, 0.3) is 5.89 Å². The van der Waals surface area contributed by atoms with E-state index >= 15 is 0 Å². The lowest BCUT2D eigenvalue weighted by Crippen LogP contribution is -2.05. The molecule has 4 rings (SSSR count). The van der Waals surface area contributed by atoms with Crippen LogP contribution in [0.15, 0.2) is 83.4 Å². The van der Waals surface area contributed by atoms with Gasteiger partial charge in [-0.25, -0.2) is 0 Å². The second-order valence-electron chi connectivity index (χ2n) is 6.81. The van der Waals surface area contributed by atoms with Crippen molar-refractivity contribution < 1.29 is 14.4 Å². The predicted molar refractivity (Wildman–Crippen MR) is 116 cm³/mol. The van der Waals surface area contributed by atoms with Crippen molar-refractivity contribution in [1.82, 2.24) is 10.1 Å². The van der Waals surface area contributed by atoms with Gasteiger partial charge >= 0.3 is 0 Å². The molecular formula is C25H19N3O3. The SMILES string of the molecule is COc1ccc(/C=C(\C#N)c2nc(C(c3ccccc3)c3ccccc3)no2)cc1O. The van der Waals surface area contributed by atoms with Gasteiger partial charge in [0.1, 0.15) is 11.6 Å². The number of hydrogen-bond donors (Lipinski definition) is 1. The van der Waals surface area contributed by atoms with Gasteiger partial charge in [0.2, 0.25) is 0 Å². The van der Waals surface area contributed by atoms with Gasteiger partial charge in [-0.3, -0.25) is 0 Å². The molecule has 0 bridgehead atoms. The minimum atomic E-state index is -0.232. The number of aromatic hydroxyl groups is 1. The van der Waals surface area contributed by atoms with Crippen molar-refractivity contribution in [1.29, 1.82) is 5.26 Å². The van der Waals surface area contributed by atoms with Crippen molar-refractivity contribution >= 4 is 11.6 Å². The van der Waals surface area contributed by atoms with E-state index in [9.17, 15) is 10.4 Å². The third kappa shape index (κ3) is 4.31. The maximum absolute atomic E-state index is 9.99. The molecule has 0 spiro atoms. The average Bonchev–Trinajstić information content (AvgIpc) is 3.28. The highest BCUT2D eigenvalue weighted by molar-refractivity contribution is 5.86. The molecule has 0 unspecified atom stereocenters. The van der Waals surface area contributed by atoms with Crippen LogP contribution >= 0.6 is 0 Å². The lowest BCUT2D eigenvalue weighted by molar-refractivity contribution is 0.373. The number of phenols is 1. The van der Waals surface area contributed by atoms with Crippen LogP contribution in [0.3, 0.4) is 0 Å². The first-order chi connectivity index (χ1) is 15.2. The molecule has 0 fully saturated rings. The summed E-state index contributed by atoms with van der Waals surface area (Å²) in [6.07, 6.45) is 1.58. The molecule has 6 nitrogen and oxygen atoms in total. The van der Waals surface area contributed by atoms with E-state index in [2.05, 4.69) is 16.2 Å². The third-order valence-corrected chi connectivity index (χ3v) is 4.83. The zero-order valence-electron chi connectivity index (χ0n) is 16.8. The number of nitriles is 1. The van der Waals surface area contributed by atoms with Crippen LogP contribution in [-0.4, -0.2) is 22.4 Å². The van der Waals surface area contributed by atoms with Crippen LogP contribution in [0.2, 0.25) is 0 Å². The molecular weight excluding hydrogens is 390 g/mol. The summed E-state index contributed by atoms with van der Waals surface area (Å²) in [5.41, 5.74) is 2.84. The summed E-state index contributed by atoms with van der Waals surface area (Å²) < 4.78 is 10.5. The number of nitrogens with zero attached hydrogens (tertiary/aromatic N) is 3. The van der Waals surface area contributed by atoms with Crippen molar-refractivity contribution in [3.8, 4) is 17.6 Å². The van der Waals surface area contributed by atoms with Crippen LogP contribution in [0.25, 0.3) is 11.6 Å². The molecule has 152 valence electrons. The predicted octanol–water partition coefficient (Wildman–Crippen LogP) is 5.03. The van der Waals surface area contributed by atoms with Crippen LogP contribution in [-0.2, 0) is 0 Å². The minimum absolute atomic E-state index is 0.0204. The monoisotopic (exact) mass is 409 g/mol. The molecule has 1 N–H and O–H groups in total. The van der Waals surface area contributed by atoms with Gasteiger partial charge in [-0.15, -0.1) is 0 Å². The van der Waals surface area contributed by atoms with E-state index in [1.165, 1.54) is 13.2 Å². The van der Waals surface area contributed by atoms with Crippen molar-refractivity contribution in [2.24, 2.45) is 0 Å². The number of benzene rings is 3. The zero-order valence-corrected chi connectivity index (χ0v) is 16.8. The summed E-state index contributed by atoms with van der Waals surface area (Å²) >= 11 is 0. The van der Waals surface area contributed by atoms with Crippen molar-refractivity contribution in [2.45, 2.75) is 5.92 Å². The fourth-order valence-corrected chi connectivity index (χ4v) is 3.35. The maximum Gasteiger partial charge on any atom is 0.268 e. The highest BCUT2D eigenvalue weighted by atomic mass is 16.5. The topological polar surface area (TPSA) is 92.2 Å². The summed E-state index contributed by atoms with van der Waals surface area (Å²) in [7, 11) is 1.47. The molecule has 0 radical (unpaired) electrons. The van der Waals surface area contributed by atoms with Crippen molar-refractivity contribution in [3.05, 3.63) is 107 Å². The number of methoxy groups -OCH3 is 1. The summed E-state index contributed by atoms with van der Waals surface area (Å²) in [6, 6.07) is 26.7. The van der Waals surface area contributed by atoms with Gasteiger partial charge in [0.15, 0.2) is 17.3 Å². The normalized spacial score (nSPS) is 11.3. The summed E-state index contributed by atoms with van der Waals surface area (Å²) in [5.74, 6) is 0.679. The Labute approximate surface area is 179 Å². The molecule has 4 aromatic rings. The third-order valence-electron chi connectivity index (χ3n) is 4.83. The number of ether oxygens (including phenoxy) is 1. The average molecular weight is 409 g/mol. The van der Waals surface area contributed by atoms with Gasteiger partial charge in [0.05, 0.1) is 13.0 Å². The zero-order chi connectivity index (χ0) is 21.6. The highest BCUT2D eigenvalue weighted by Crippen LogP contribution is 2.31. The second-order valence-corrected chi connectivity index (χ2v) is 6.81. The second kappa shape index (κ2) is 8.97. The van der Waals surface area contributed by atoms with Crippen LogP contribution in [0.5, 0.6) is 11.5 Å². The van der Waals surface area contributed by atoms with Crippen LogP contribution in [0, 0.1) is 11.3 Å². The Balaban J connectivity index is 1.72. The molecule has 1 heterocycles. The fraction of sp³-hybridized carbons (Fsp3) is 0.0800.